The number of aromatic nitrogens is 6. The zero-order valence-electron chi connectivity index (χ0n) is 37.6. The van der Waals surface area contributed by atoms with Gasteiger partial charge < -0.3 is 16.4 Å². The number of imidazole rings is 2. The van der Waals surface area contributed by atoms with E-state index in [2.05, 4.69) is 182 Å². The van der Waals surface area contributed by atoms with Crippen LogP contribution in [0.5, 0.6) is 0 Å². The molecule has 0 saturated heterocycles. The number of pyridine rings is 2. The van der Waals surface area contributed by atoms with Gasteiger partial charge in [0.15, 0.2) is 11.6 Å². The van der Waals surface area contributed by atoms with Crippen LogP contribution in [0.2, 0.25) is 0 Å². The Bertz CT molecular complexity index is 3290. The van der Waals surface area contributed by atoms with Crippen LogP contribution in [0.3, 0.4) is 0 Å². The second-order valence-corrected chi connectivity index (χ2v) is 18.6. The number of anilines is 4. The van der Waals surface area contributed by atoms with Gasteiger partial charge in [0.1, 0.15) is 11.6 Å². The minimum Gasteiger partial charge on any atom is -0.338 e. The van der Waals surface area contributed by atoms with Gasteiger partial charge in [0.25, 0.3) is 0 Å². The normalized spacial score (nSPS) is 14.9. The molecule has 2 saturated carbocycles. The van der Waals surface area contributed by atoms with Gasteiger partial charge in [-0.1, -0.05) is 140 Å². The Morgan fingerprint density at radius 1 is 0.441 bits per heavy atom. The Balaban J connectivity index is 0.000000134. The van der Waals surface area contributed by atoms with Crippen molar-refractivity contribution in [3.05, 3.63) is 206 Å². The molecule has 4 aliphatic rings. The molecule has 0 spiro atoms. The zero-order chi connectivity index (χ0) is 45.4. The van der Waals surface area contributed by atoms with E-state index in [4.69, 9.17) is 15.7 Å². The molecule has 0 bridgehead atoms. The van der Waals surface area contributed by atoms with Crippen molar-refractivity contribution in [3.8, 4) is 79.2 Å². The highest BCUT2D eigenvalue weighted by Gasteiger charge is 2.40. The highest BCUT2D eigenvalue weighted by atomic mass is 15.2. The molecule has 4 N–H and O–H groups in total. The van der Waals surface area contributed by atoms with Gasteiger partial charge >= 0.3 is 0 Å². The molecule has 14 rings (SSSR count). The fourth-order valence-electron chi connectivity index (χ4n) is 9.86. The number of fused-ring (bicyclic) bond motifs is 10. The number of nitrogens with one attached hydrogen (secondary N) is 2. The van der Waals surface area contributed by atoms with Gasteiger partial charge in [0, 0.05) is 51.3 Å². The van der Waals surface area contributed by atoms with Gasteiger partial charge in [0.05, 0.1) is 45.5 Å². The summed E-state index contributed by atoms with van der Waals surface area (Å²) in [4.78, 5) is 19.9. The van der Waals surface area contributed by atoms with Crippen LogP contribution < -0.4 is 16.4 Å². The van der Waals surface area contributed by atoms with Crippen LogP contribution in [-0.4, -0.2) is 29.1 Å². The van der Waals surface area contributed by atoms with Crippen LogP contribution in [0.25, 0.3) is 79.2 Å². The third-order valence-electron chi connectivity index (χ3n) is 14.1. The SMILES string of the molecule is CC1(c2ccc(-c3c(-c4ccccc4)nc4n3-c3cccnc3Nc3ccccc3-4)cc2)CC1.NC1(c2ccc(-c3c(-c4ccccc4)nc4n3-c3cccnc3Nc3ccccc3-4)cc2)CC1. The smallest absolute Gasteiger partial charge is 0.154 e. The Morgan fingerprint density at radius 3 is 1.31 bits per heavy atom. The van der Waals surface area contributed by atoms with Crippen LogP contribution in [0.15, 0.2) is 194 Å². The van der Waals surface area contributed by atoms with Gasteiger partial charge in [-0.15, -0.1) is 0 Å². The van der Waals surface area contributed by atoms with Gasteiger partial charge in [-0.2, -0.15) is 0 Å². The highest BCUT2D eigenvalue weighted by Crippen LogP contribution is 2.50. The molecule has 2 aliphatic carbocycles. The molecule has 0 amide bonds. The summed E-state index contributed by atoms with van der Waals surface area (Å²) in [6.45, 7) is 2.35. The maximum absolute atomic E-state index is 6.47. The van der Waals surface area contributed by atoms with E-state index in [0.717, 1.165) is 115 Å². The second kappa shape index (κ2) is 15.6. The molecule has 0 atom stereocenters. The lowest BCUT2D eigenvalue weighted by Gasteiger charge is -2.15. The number of rotatable bonds is 6. The average Bonchev–Trinajstić information content (AvgIpc) is 4.28. The van der Waals surface area contributed by atoms with Crippen molar-refractivity contribution in [3.63, 3.8) is 0 Å². The minimum atomic E-state index is -0.158. The highest BCUT2D eigenvalue weighted by molar-refractivity contribution is 5.92. The van der Waals surface area contributed by atoms with Crippen molar-refractivity contribution in [2.45, 2.75) is 43.6 Å². The lowest BCUT2D eigenvalue weighted by atomic mass is 9.95. The maximum atomic E-state index is 6.47. The van der Waals surface area contributed by atoms with Gasteiger partial charge in [0.2, 0.25) is 0 Å². The number of hydrogen-bond acceptors (Lipinski definition) is 7. The lowest BCUT2D eigenvalue weighted by Crippen LogP contribution is -2.18. The first kappa shape index (κ1) is 39.9. The van der Waals surface area contributed by atoms with E-state index in [1.807, 2.05) is 48.8 Å². The van der Waals surface area contributed by atoms with E-state index in [9.17, 15) is 0 Å². The van der Waals surface area contributed by atoms with E-state index in [0.29, 0.717) is 5.41 Å². The Labute approximate surface area is 395 Å². The first-order valence-electron chi connectivity index (χ1n) is 23.4. The third-order valence-corrected chi connectivity index (χ3v) is 14.1. The van der Waals surface area contributed by atoms with E-state index in [-0.39, 0.29) is 5.54 Å². The van der Waals surface area contributed by atoms with Gasteiger partial charge in [-0.3, -0.25) is 9.13 Å². The topological polar surface area (TPSA) is 112 Å². The molecular formula is C59H47N9. The van der Waals surface area contributed by atoms with E-state index >= 15 is 0 Å². The van der Waals surface area contributed by atoms with E-state index in [1.165, 1.54) is 24.0 Å². The Kier molecular flexibility index (Phi) is 9.16. The molecule has 4 aromatic heterocycles. The summed E-state index contributed by atoms with van der Waals surface area (Å²) in [6, 6.07) is 63.4. The van der Waals surface area contributed by atoms with Crippen LogP contribution in [0.1, 0.15) is 43.7 Å². The quantitative estimate of drug-likeness (QED) is 0.152. The largest absolute Gasteiger partial charge is 0.338 e. The summed E-state index contributed by atoms with van der Waals surface area (Å²) in [5.41, 5.74) is 23.8. The van der Waals surface area contributed by atoms with Gasteiger partial charge in [-0.25, -0.2) is 19.9 Å². The molecule has 2 fully saturated rings. The number of hydrogen-bond donors (Lipinski definition) is 3. The predicted molar refractivity (Wildman–Crippen MR) is 274 cm³/mol. The third kappa shape index (κ3) is 6.73. The van der Waals surface area contributed by atoms with Crippen molar-refractivity contribution in [1.29, 1.82) is 0 Å². The van der Waals surface area contributed by atoms with Crippen molar-refractivity contribution in [2.75, 3.05) is 10.6 Å². The fourth-order valence-corrected chi connectivity index (χ4v) is 9.86. The molecule has 6 aromatic carbocycles. The van der Waals surface area contributed by atoms with Crippen molar-refractivity contribution < 1.29 is 0 Å². The first-order valence-corrected chi connectivity index (χ1v) is 23.4. The summed E-state index contributed by atoms with van der Waals surface area (Å²) in [7, 11) is 0. The monoisotopic (exact) mass is 881 g/mol. The van der Waals surface area contributed by atoms with Crippen LogP contribution in [0, 0.1) is 0 Å². The zero-order valence-corrected chi connectivity index (χ0v) is 37.6. The van der Waals surface area contributed by atoms with Crippen LogP contribution >= 0.6 is 0 Å². The molecule has 68 heavy (non-hydrogen) atoms. The first-order chi connectivity index (χ1) is 33.4. The summed E-state index contributed by atoms with van der Waals surface area (Å²) < 4.78 is 4.52. The summed E-state index contributed by atoms with van der Waals surface area (Å²) in [5.74, 6) is 3.45. The average molecular weight is 882 g/mol. The predicted octanol–water partition coefficient (Wildman–Crippen LogP) is 13.6. The van der Waals surface area contributed by atoms with Crippen molar-refractivity contribution in [1.82, 2.24) is 29.1 Å². The molecule has 0 radical (unpaired) electrons. The van der Waals surface area contributed by atoms with E-state index < -0.39 is 0 Å². The van der Waals surface area contributed by atoms with E-state index in [1.54, 1.807) is 0 Å². The number of benzene rings is 6. The molecule has 9 nitrogen and oxygen atoms in total. The van der Waals surface area contributed by atoms with Crippen molar-refractivity contribution >= 4 is 23.0 Å². The summed E-state index contributed by atoms with van der Waals surface area (Å²) >= 11 is 0. The van der Waals surface area contributed by atoms with Crippen molar-refractivity contribution in [2.24, 2.45) is 5.73 Å². The number of para-hydroxylation sites is 2. The summed E-state index contributed by atoms with van der Waals surface area (Å²) in [5, 5.41) is 7.06. The lowest BCUT2D eigenvalue weighted by molar-refractivity contribution is 0.740. The number of nitrogens with zero attached hydrogens (tertiary/aromatic N) is 6. The Hall–Kier alpha value is -8.40. The van der Waals surface area contributed by atoms with Crippen LogP contribution in [0.4, 0.5) is 23.0 Å². The molecule has 2 aliphatic heterocycles. The minimum absolute atomic E-state index is 0.158. The van der Waals surface area contributed by atoms with Gasteiger partial charge in [-0.05, 0) is 90.8 Å². The fraction of sp³-hybridized carbons (Fsp3) is 0.119. The molecule has 9 heteroatoms. The molecule has 328 valence electrons. The molecule has 6 heterocycles. The standard InChI is InChI=1S/C30H24N4.C29H23N5/c1-30(17-18-30)22-15-13-21(14-16-22)27-26(20-8-3-2-4-9-20)33-29-23-10-5-6-11-24(23)32-28-25(34(27)29)12-7-19-31-28;30-29(16-17-29)21-14-12-20(13-15-21)26-25(19-7-2-1-3-8-19)33-28-22-9-4-5-10-23(22)32-27-24(34(26)28)11-6-18-31-27/h2-16,19H,17-18H2,1H3,(H,31,32);1-15,18H,16-17,30H2,(H,31,32). The molecule has 10 aromatic rings. The number of nitrogens with two attached hydrogens (primary N) is 1. The molecule has 0 unspecified atom stereocenters. The molecular weight excluding hydrogens is 835 g/mol. The maximum Gasteiger partial charge on any atom is 0.154 e. The van der Waals surface area contributed by atoms with Crippen LogP contribution in [-0.2, 0) is 11.0 Å². The summed E-state index contributed by atoms with van der Waals surface area (Å²) in [6.07, 6.45) is 8.28. The Morgan fingerprint density at radius 2 is 0.868 bits per heavy atom. The second-order valence-electron chi connectivity index (χ2n) is 18.6.